The SMILES string of the molecule is CC(C)(C)c1cc([C@H](c2ccc(O)cc2)[NH+]2CCOCC2)cc(C(C)(C)C)c1O. The maximum absolute atomic E-state index is 11.1. The van der Waals surface area contributed by atoms with Crippen molar-refractivity contribution in [2.75, 3.05) is 26.3 Å². The number of phenolic OH excluding ortho intramolecular Hbond substituents is 2. The minimum absolute atomic E-state index is 0.127. The molecule has 3 N–H and O–H groups in total. The molecule has 1 heterocycles. The van der Waals surface area contributed by atoms with E-state index in [4.69, 9.17) is 4.74 Å². The standard InChI is InChI=1S/C25H35NO3/c1-24(2,3)20-15-18(16-21(23(20)28)25(4,5)6)22(26-11-13-29-14-12-26)17-7-9-19(27)10-8-17/h7-10,15-16,22,27-28H,11-14H2,1-6H3/p+1/t22-/m0/s1. The van der Waals surface area contributed by atoms with Gasteiger partial charge >= 0.3 is 0 Å². The van der Waals surface area contributed by atoms with Crippen LogP contribution in [0.5, 0.6) is 11.5 Å². The molecule has 0 aliphatic carbocycles. The topological polar surface area (TPSA) is 54.1 Å². The average Bonchev–Trinajstić information content (AvgIpc) is 2.63. The van der Waals surface area contributed by atoms with E-state index in [9.17, 15) is 10.2 Å². The van der Waals surface area contributed by atoms with Gasteiger partial charge in [0.05, 0.1) is 13.2 Å². The van der Waals surface area contributed by atoms with Crippen LogP contribution >= 0.6 is 0 Å². The molecule has 1 saturated heterocycles. The Labute approximate surface area is 175 Å². The molecule has 0 aromatic heterocycles. The highest BCUT2D eigenvalue weighted by molar-refractivity contribution is 5.51. The molecule has 1 atom stereocenters. The first-order chi connectivity index (χ1) is 13.5. The van der Waals surface area contributed by atoms with Crippen LogP contribution in [0.1, 0.15) is 69.8 Å². The summed E-state index contributed by atoms with van der Waals surface area (Å²) >= 11 is 0. The van der Waals surface area contributed by atoms with E-state index in [1.807, 2.05) is 12.1 Å². The van der Waals surface area contributed by atoms with E-state index in [-0.39, 0.29) is 22.6 Å². The molecule has 158 valence electrons. The summed E-state index contributed by atoms with van der Waals surface area (Å²) in [6, 6.07) is 12.1. The van der Waals surface area contributed by atoms with Crippen LogP contribution in [-0.2, 0) is 15.6 Å². The fourth-order valence-corrected chi connectivity index (χ4v) is 4.22. The van der Waals surface area contributed by atoms with Gasteiger partial charge in [0, 0.05) is 22.3 Å². The molecule has 1 aliphatic rings. The zero-order chi connectivity index (χ0) is 21.4. The molecule has 0 amide bonds. The molecule has 0 saturated carbocycles. The summed E-state index contributed by atoms with van der Waals surface area (Å²) < 4.78 is 5.61. The van der Waals surface area contributed by atoms with Gasteiger partial charge < -0.3 is 19.8 Å². The van der Waals surface area contributed by atoms with E-state index < -0.39 is 0 Å². The van der Waals surface area contributed by atoms with Crippen molar-refractivity contribution >= 4 is 0 Å². The number of aromatic hydroxyl groups is 2. The third-order valence-corrected chi connectivity index (χ3v) is 5.85. The first kappa shape index (κ1) is 21.7. The Hall–Kier alpha value is -2.04. The van der Waals surface area contributed by atoms with Gasteiger partial charge in [0.1, 0.15) is 30.6 Å². The van der Waals surface area contributed by atoms with Gasteiger partial charge in [0.25, 0.3) is 0 Å². The highest BCUT2D eigenvalue weighted by Gasteiger charge is 2.33. The van der Waals surface area contributed by atoms with E-state index >= 15 is 0 Å². The number of hydrogen-bond donors (Lipinski definition) is 3. The van der Waals surface area contributed by atoms with Crippen molar-refractivity contribution in [2.24, 2.45) is 0 Å². The predicted octanol–water partition coefficient (Wildman–Crippen LogP) is 3.70. The van der Waals surface area contributed by atoms with Crippen LogP contribution in [-0.4, -0.2) is 36.5 Å². The molecule has 0 radical (unpaired) electrons. The normalized spacial score (nSPS) is 17.3. The van der Waals surface area contributed by atoms with Crippen molar-refractivity contribution < 1.29 is 19.8 Å². The lowest BCUT2D eigenvalue weighted by Crippen LogP contribution is -3.14. The molecule has 0 unspecified atom stereocenters. The summed E-state index contributed by atoms with van der Waals surface area (Å²) in [6.07, 6.45) is 0. The first-order valence-corrected chi connectivity index (χ1v) is 10.6. The van der Waals surface area contributed by atoms with E-state index in [0.29, 0.717) is 5.75 Å². The van der Waals surface area contributed by atoms with Crippen LogP contribution in [0.2, 0.25) is 0 Å². The average molecular weight is 399 g/mol. The predicted molar refractivity (Wildman–Crippen MR) is 117 cm³/mol. The van der Waals surface area contributed by atoms with Gasteiger partial charge in [-0.15, -0.1) is 0 Å². The molecule has 0 bridgehead atoms. The van der Waals surface area contributed by atoms with Gasteiger partial charge in [0.2, 0.25) is 0 Å². The van der Waals surface area contributed by atoms with Crippen molar-refractivity contribution in [1.82, 2.24) is 0 Å². The largest absolute Gasteiger partial charge is 0.508 e. The van der Waals surface area contributed by atoms with Crippen molar-refractivity contribution in [3.8, 4) is 11.5 Å². The summed E-state index contributed by atoms with van der Waals surface area (Å²) in [7, 11) is 0. The fraction of sp³-hybridized carbons (Fsp3) is 0.520. The summed E-state index contributed by atoms with van der Waals surface area (Å²) in [5.74, 6) is 0.691. The fourth-order valence-electron chi connectivity index (χ4n) is 4.22. The number of hydrogen-bond acceptors (Lipinski definition) is 3. The lowest BCUT2D eigenvalue weighted by atomic mass is 9.77. The first-order valence-electron chi connectivity index (χ1n) is 10.6. The Morgan fingerprint density at radius 3 is 1.72 bits per heavy atom. The third kappa shape index (κ3) is 4.76. The summed E-state index contributed by atoms with van der Waals surface area (Å²) in [5.41, 5.74) is 4.01. The Balaban J connectivity index is 2.22. The van der Waals surface area contributed by atoms with Gasteiger partial charge in [0.15, 0.2) is 0 Å². The molecule has 0 spiro atoms. The number of nitrogens with one attached hydrogen (secondary N) is 1. The zero-order valence-electron chi connectivity index (χ0n) is 18.7. The lowest BCUT2D eigenvalue weighted by molar-refractivity contribution is -0.933. The monoisotopic (exact) mass is 398 g/mol. The van der Waals surface area contributed by atoms with Crippen LogP contribution in [0.3, 0.4) is 0 Å². The van der Waals surface area contributed by atoms with Gasteiger partial charge in [-0.3, -0.25) is 0 Å². The van der Waals surface area contributed by atoms with Gasteiger partial charge in [-0.2, -0.15) is 0 Å². The molecule has 1 aliphatic heterocycles. The molecule has 2 aromatic carbocycles. The molecular formula is C25H36NO3+. The van der Waals surface area contributed by atoms with E-state index in [1.54, 1.807) is 12.1 Å². The van der Waals surface area contributed by atoms with Gasteiger partial charge in [-0.25, -0.2) is 0 Å². The third-order valence-electron chi connectivity index (χ3n) is 5.85. The van der Waals surface area contributed by atoms with E-state index in [1.165, 1.54) is 16.0 Å². The van der Waals surface area contributed by atoms with Crippen LogP contribution in [0.15, 0.2) is 36.4 Å². The smallest absolute Gasteiger partial charge is 0.139 e. The van der Waals surface area contributed by atoms with E-state index in [0.717, 1.165) is 37.4 Å². The molecule has 2 aromatic rings. The molecule has 1 fully saturated rings. The Morgan fingerprint density at radius 2 is 1.28 bits per heavy atom. The van der Waals surface area contributed by atoms with Gasteiger partial charge in [-0.1, -0.05) is 41.5 Å². The zero-order valence-corrected chi connectivity index (χ0v) is 18.7. The number of benzene rings is 2. The minimum atomic E-state index is -0.167. The van der Waals surface area contributed by atoms with Crippen molar-refractivity contribution in [1.29, 1.82) is 0 Å². The Bertz CT molecular complexity index is 803. The number of phenols is 2. The number of quaternary nitrogens is 1. The second kappa shape index (κ2) is 8.00. The molecule has 29 heavy (non-hydrogen) atoms. The van der Waals surface area contributed by atoms with Crippen LogP contribution in [0.25, 0.3) is 0 Å². The molecular weight excluding hydrogens is 362 g/mol. The Kier molecular flexibility index (Phi) is 5.98. The minimum Gasteiger partial charge on any atom is -0.508 e. The summed E-state index contributed by atoms with van der Waals surface area (Å²) in [5, 5.41) is 20.9. The lowest BCUT2D eigenvalue weighted by Gasteiger charge is -2.34. The molecule has 3 rings (SSSR count). The second-order valence-electron chi connectivity index (χ2n) is 10.3. The number of morpholine rings is 1. The van der Waals surface area contributed by atoms with Crippen molar-refractivity contribution in [3.63, 3.8) is 0 Å². The maximum atomic E-state index is 11.1. The second-order valence-corrected chi connectivity index (χ2v) is 10.3. The summed E-state index contributed by atoms with van der Waals surface area (Å²) in [4.78, 5) is 1.45. The van der Waals surface area contributed by atoms with Crippen molar-refractivity contribution in [2.45, 2.75) is 58.4 Å². The Morgan fingerprint density at radius 1 is 0.793 bits per heavy atom. The van der Waals surface area contributed by atoms with Crippen molar-refractivity contribution in [3.05, 3.63) is 58.7 Å². The van der Waals surface area contributed by atoms with Crippen LogP contribution < -0.4 is 4.90 Å². The van der Waals surface area contributed by atoms with E-state index in [2.05, 4.69) is 53.7 Å². The van der Waals surface area contributed by atoms with Gasteiger partial charge in [-0.05, 0) is 47.2 Å². The quantitative estimate of drug-likeness (QED) is 0.739. The molecule has 4 nitrogen and oxygen atoms in total. The van der Waals surface area contributed by atoms with Crippen LogP contribution in [0.4, 0.5) is 0 Å². The highest BCUT2D eigenvalue weighted by Crippen LogP contribution is 2.41. The van der Waals surface area contributed by atoms with Crippen LogP contribution in [0, 0.1) is 0 Å². The number of rotatable bonds is 3. The highest BCUT2D eigenvalue weighted by atomic mass is 16.5. The summed E-state index contributed by atoms with van der Waals surface area (Å²) in [6.45, 7) is 16.3. The maximum Gasteiger partial charge on any atom is 0.139 e. The number of ether oxygens (including phenoxy) is 1. The molecule has 4 heteroatoms.